The summed E-state index contributed by atoms with van der Waals surface area (Å²) < 4.78 is 0. The van der Waals surface area contributed by atoms with Crippen molar-refractivity contribution in [3.8, 4) is 29.4 Å². The minimum absolute atomic E-state index is 0.0244. The Bertz CT molecular complexity index is 2570. The van der Waals surface area contributed by atoms with E-state index in [1.807, 2.05) is 89.6 Å². The van der Waals surface area contributed by atoms with E-state index in [1.54, 1.807) is 12.1 Å². The van der Waals surface area contributed by atoms with Gasteiger partial charge in [0.05, 0.1) is 23.5 Å². The monoisotopic (exact) mass is 952 g/mol. The molecular formula is C54H69N11O5. The number of aromatic hydroxyl groups is 1. The molecule has 5 N–H and O–H groups in total. The van der Waals surface area contributed by atoms with Gasteiger partial charge in [0.25, 0.3) is 0 Å². The van der Waals surface area contributed by atoms with Gasteiger partial charge in [-0.25, -0.2) is 9.97 Å². The summed E-state index contributed by atoms with van der Waals surface area (Å²) in [5.41, 5.74) is 4.54. The Morgan fingerprint density at radius 2 is 1.60 bits per heavy atom. The Labute approximate surface area is 412 Å². The van der Waals surface area contributed by atoms with E-state index in [4.69, 9.17) is 16.4 Å². The van der Waals surface area contributed by atoms with Gasteiger partial charge >= 0.3 is 0 Å². The fourth-order valence-electron chi connectivity index (χ4n) is 11.8. The minimum atomic E-state index is -0.864. The number of phenolic OH excluding ortho intramolecular Hbond substituents is 1. The third-order valence-electron chi connectivity index (χ3n) is 15.8. The predicted molar refractivity (Wildman–Crippen MR) is 270 cm³/mol. The average molecular weight is 952 g/mol. The highest BCUT2D eigenvalue weighted by Crippen LogP contribution is 2.64. The molecule has 5 fully saturated rings. The van der Waals surface area contributed by atoms with E-state index in [0.717, 1.165) is 105 Å². The molecule has 1 spiro atoms. The van der Waals surface area contributed by atoms with Gasteiger partial charge in [0.15, 0.2) is 5.82 Å². The van der Waals surface area contributed by atoms with Gasteiger partial charge in [-0.05, 0) is 111 Å². The van der Waals surface area contributed by atoms with E-state index in [9.17, 15) is 24.6 Å². The second kappa shape index (κ2) is 19.8. The highest BCUT2D eigenvalue weighted by Gasteiger charge is 2.56. The first-order chi connectivity index (χ1) is 33.5. The SMILES string of the molecule is C#Cc1ccc([C@H](C)NC(=O)[C@@H]2C[C@@H](O)CN2C(=O)[C@@H](NC(=O)C2CC3(C2)CC(c2cnc(N4CCC(N5CCN(c6cc(-c7ccccc7O)nnc6NC)[C@@H](C)C5)CC4)nc2)C3)C(C)(C)C)cc1. The second-order valence-electron chi connectivity index (χ2n) is 21.7. The lowest BCUT2D eigenvalue weighted by atomic mass is 9.47. The molecule has 0 bridgehead atoms. The van der Waals surface area contributed by atoms with E-state index >= 15 is 0 Å². The lowest BCUT2D eigenvalue weighted by Gasteiger charge is -2.57. The van der Waals surface area contributed by atoms with Gasteiger partial charge in [0, 0.05) is 94.3 Å². The number of aliphatic hydroxyl groups is 1. The van der Waals surface area contributed by atoms with Crippen molar-refractivity contribution in [2.75, 3.05) is 61.4 Å². The zero-order valence-corrected chi connectivity index (χ0v) is 41.4. The molecule has 370 valence electrons. The number of nitrogens with zero attached hydrogens (tertiary/aromatic N) is 8. The number of aliphatic hydroxyl groups excluding tert-OH is 1. The number of amides is 3. The number of phenols is 1. The van der Waals surface area contributed by atoms with Gasteiger partial charge in [-0.3, -0.25) is 19.3 Å². The number of carbonyl (C=O) groups excluding carboxylic acids is 3. The standard InChI is InChI=1S/C54H69N11O5/c1-8-35-13-15-36(16-14-35)34(3)58-50(69)45-23-41(66)32-65(45)51(70)47(53(4,5)6)59-49(68)38-27-54(28-38)25-37(26-54)39-29-56-52(57-30-39)62-19-17-40(18-20-62)63-21-22-64(33(2)31-63)44-24-43(60-61-48(44)55-7)42-11-9-10-12-46(42)67/h1,9-16,24,29-30,33-34,37-38,40-41,45,47,66-67H,17-23,25-28,31-32H2,2-7H3,(H,55,61)(H,58,69)(H,59,68)/t33-,34-,37?,38?,41+,45-,47+,54?/m0/s1. The minimum Gasteiger partial charge on any atom is -0.507 e. The number of likely N-dealkylation sites (tertiary alicyclic amines) is 1. The molecule has 0 radical (unpaired) electrons. The van der Waals surface area contributed by atoms with Crippen LogP contribution >= 0.6 is 0 Å². The number of hydrogen-bond donors (Lipinski definition) is 5. The van der Waals surface area contributed by atoms with E-state index in [0.29, 0.717) is 23.2 Å². The summed E-state index contributed by atoms with van der Waals surface area (Å²) in [4.78, 5) is 60.2. The maximum Gasteiger partial charge on any atom is 0.246 e. The summed E-state index contributed by atoms with van der Waals surface area (Å²) in [5, 5.41) is 39.4. The maximum atomic E-state index is 14.2. The highest BCUT2D eigenvalue weighted by atomic mass is 16.3. The summed E-state index contributed by atoms with van der Waals surface area (Å²) in [6, 6.07) is 15.3. The summed E-state index contributed by atoms with van der Waals surface area (Å²) >= 11 is 0. The van der Waals surface area contributed by atoms with Crippen molar-refractivity contribution in [1.29, 1.82) is 0 Å². The Morgan fingerprint density at radius 1 is 0.900 bits per heavy atom. The van der Waals surface area contributed by atoms with Crippen LogP contribution in [0.3, 0.4) is 0 Å². The van der Waals surface area contributed by atoms with Crippen LogP contribution in [0.4, 0.5) is 17.5 Å². The van der Waals surface area contributed by atoms with E-state index in [2.05, 4.69) is 53.7 Å². The Hall–Kier alpha value is -6.31. The van der Waals surface area contributed by atoms with E-state index in [-0.39, 0.29) is 59.9 Å². The van der Waals surface area contributed by atoms with Crippen LogP contribution in [0.15, 0.2) is 67.0 Å². The zero-order chi connectivity index (χ0) is 49.5. The first-order valence-corrected chi connectivity index (χ1v) is 25.1. The van der Waals surface area contributed by atoms with Crippen molar-refractivity contribution in [2.45, 2.75) is 122 Å². The summed E-state index contributed by atoms with van der Waals surface area (Å²) in [6.45, 7) is 14.4. The molecule has 16 heteroatoms. The van der Waals surface area contributed by atoms with E-state index in [1.165, 1.54) is 4.90 Å². The quantitative estimate of drug-likeness (QED) is 0.112. The molecule has 0 unspecified atom stereocenters. The highest BCUT2D eigenvalue weighted by molar-refractivity contribution is 5.94. The van der Waals surface area contributed by atoms with Gasteiger partial charge < -0.3 is 40.9 Å². The van der Waals surface area contributed by atoms with Crippen molar-refractivity contribution < 1.29 is 24.6 Å². The first kappa shape index (κ1) is 48.7. The van der Waals surface area contributed by atoms with Crippen LogP contribution in [0.25, 0.3) is 11.3 Å². The third-order valence-corrected chi connectivity index (χ3v) is 15.8. The molecule has 2 aromatic heterocycles. The van der Waals surface area contributed by atoms with Crippen LogP contribution in [0, 0.1) is 29.1 Å². The molecule has 3 aliphatic heterocycles. The van der Waals surface area contributed by atoms with E-state index < -0.39 is 23.6 Å². The summed E-state index contributed by atoms with van der Waals surface area (Å²) in [7, 11) is 1.86. The lowest BCUT2D eigenvalue weighted by molar-refractivity contribution is -0.148. The Balaban J connectivity index is 0.728. The zero-order valence-electron chi connectivity index (χ0n) is 41.4. The number of nitrogens with one attached hydrogen (secondary N) is 3. The Kier molecular flexibility index (Phi) is 13.8. The number of hydrogen-bond acceptors (Lipinski definition) is 13. The number of carbonyl (C=O) groups is 3. The smallest absolute Gasteiger partial charge is 0.246 e. The lowest BCUT2D eigenvalue weighted by Crippen LogP contribution is -2.60. The van der Waals surface area contributed by atoms with Crippen molar-refractivity contribution in [2.24, 2.45) is 16.7 Å². The first-order valence-electron chi connectivity index (χ1n) is 25.1. The summed E-state index contributed by atoms with van der Waals surface area (Å²) in [6.07, 6.45) is 14.4. The number of β-amino-alcohol motifs (C(OH)–C–C–N with tert-alkyl or cyclic N) is 1. The van der Waals surface area contributed by atoms with Gasteiger partial charge in [0.1, 0.15) is 17.8 Å². The van der Waals surface area contributed by atoms with Crippen LogP contribution in [0.1, 0.15) is 108 Å². The topological polar surface area (TPSA) is 192 Å². The third kappa shape index (κ3) is 10.0. The largest absolute Gasteiger partial charge is 0.507 e. The fourth-order valence-corrected chi connectivity index (χ4v) is 11.8. The number of para-hydroxylation sites is 1. The Morgan fingerprint density at radius 3 is 2.24 bits per heavy atom. The molecular weight excluding hydrogens is 883 g/mol. The number of benzene rings is 2. The molecule has 16 nitrogen and oxygen atoms in total. The number of piperazine rings is 1. The molecule has 9 rings (SSSR count). The molecule has 2 aliphatic carbocycles. The number of piperidine rings is 1. The predicted octanol–water partition coefficient (Wildman–Crippen LogP) is 5.49. The number of terminal acetylenes is 1. The number of aromatic nitrogens is 4. The van der Waals surface area contributed by atoms with Gasteiger partial charge in [-0.2, -0.15) is 0 Å². The van der Waals surface area contributed by atoms with Crippen LogP contribution < -0.4 is 25.8 Å². The summed E-state index contributed by atoms with van der Waals surface area (Å²) in [5.74, 6) is 3.61. The second-order valence-corrected chi connectivity index (χ2v) is 21.7. The molecule has 70 heavy (non-hydrogen) atoms. The van der Waals surface area contributed by atoms with Crippen molar-refractivity contribution >= 4 is 35.2 Å². The normalized spacial score (nSPS) is 25.9. The molecule has 5 aliphatic rings. The molecule has 2 saturated carbocycles. The maximum absolute atomic E-state index is 14.2. The van der Waals surface area contributed by atoms with Crippen molar-refractivity contribution in [3.63, 3.8) is 0 Å². The van der Waals surface area contributed by atoms with Gasteiger partial charge in [-0.1, -0.05) is 51.0 Å². The molecule has 5 atom stereocenters. The average Bonchev–Trinajstić information content (AvgIpc) is 3.73. The van der Waals surface area contributed by atoms with Gasteiger partial charge in [0.2, 0.25) is 23.7 Å². The fraction of sp³-hybridized carbons (Fsp3) is 0.537. The van der Waals surface area contributed by atoms with Crippen LogP contribution in [0.2, 0.25) is 0 Å². The molecule has 3 saturated heterocycles. The molecule has 4 aromatic rings. The molecule has 2 aromatic carbocycles. The number of rotatable bonds is 12. The number of anilines is 3. The van der Waals surface area contributed by atoms with Crippen LogP contribution in [-0.4, -0.2) is 134 Å². The van der Waals surface area contributed by atoms with Crippen LogP contribution in [-0.2, 0) is 14.4 Å². The molecule has 3 amide bonds. The van der Waals surface area contributed by atoms with Crippen molar-refractivity contribution in [3.05, 3.63) is 83.7 Å². The van der Waals surface area contributed by atoms with Crippen LogP contribution in [0.5, 0.6) is 5.75 Å². The van der Waals surface area contributed by atoms with Crippen molar-refractivity contribution in [1.82, 2.24) is 40.6 Å². The molecule has 5 heterocycles. The van der Waals surface area contributed by atoms with Gasteiger partial charge in [-0.15, -0.1) is 16.6 Å².